The molecule has 20 heavy (non-hydrogen) atoms. The van der Waals surface area contributed by atoms with E-state index in [1.807, 2.05) is 26.8 Å². The third-order valence-corrected chi connectivity index (χ3v) is 3.58. The van der Waals surface area contributed by atoms with Crippen molar-refractivity contribution in [3.8, 4) is 0 Å². The van der Waals surface area contributed by atoms with Gasteiger partial charge in [-0.3, -0.25) is 9.69 Å². The van der Waals surface area contributed by atoms with Crippen LogP contribution in [-0.2, 0) is 4.79 Å². The van der Waals surface area contributed by atoms with Crippen molar-refractivity contribution in [1.82, 2.24) is 5.32 Å². The number of benzene rings is 1. The summed E-state index contributed by atoms with van der Waals surface area (Å²) >= 11 is 0. The van der Waals surface area contributed by atoms with Crippen LogP contribution in [-0.4, -0.2) is 29.2 Å². The Balaban J connectivity index is 2.94. The number of urea groups is 1. The molecular weight excluding hydrogens is 256 g/mol. The predicted molar refractivity (Wildman–Crippen MR) is 78.9 cm³/mol. The topological polar surface area (TPSA) is 69.6 Å². The summed E-state index contributed by atoms with van der Waals surface area (Å²) in [6, 6.07) is 8.43. The number of hydrogen-bond acceptors (Lipinski definition) is 2. The van der Waals surface area contributed by atoms with Gasteiger partial charge in [-0.15, -0.1) is 0 Å². The van der Waals surface area contributed by atoms with Crippen LogP contribution in [0.1, 0.15) is 33.6 Å². The van der Waals surface area contributed by atoms with Crippen molar-refractivity contribution in [2.75, 3.05) is 11.4 Å². The summed E-state index contributed by atoms with van der Waals surface area (Å²) in [6.45, 7) is 5.58. The fourth-order valence-electron chi connectivity index (χ4n) is 1.78. The van der Waals surface area contributed by atoms with Gasteiger partial charge in [0.05, 0.1) is 0 Å². The molecule has 0 fully saturated rings. The smallest absolute Gasteiger partial charge is 0.323 e. The molecule has 0 spiro atoms. The minimum absolute atomic E-state index is 0.331. The molecule has 0 saturated heterocycles. The molecule has 1 aromatic carbocycles. The Morgan fingerprint density at radius 3 is 2.20 bits per heavy atom. The lowest BCUT2D eigenvalue weighted by Gasteiger charge is -2.31. The highest BCUT2D eigenvalue weighted by atomic mass is 16.4. The standard InChI is InChI=1S/C15H22N2O3/c1-4-15(3,5-2)16-14(20)17(11-13(18)19)12-9-7-6-8-10-12/h6-10H,4-5,11H2,1-3H3,(H,16,20)(H,18,19). The van der Waals surface area contributed by atoms with Gasteiger partial charge in [0, 0.05) is 11.2 Å². The van der Waals surface area contributed by atoms with Crippen LogP contribution in [0.2, 0.25) is 0 Å². The zero-order chi connectivity index (χ0) is 15.2. The number of rotatable bonds is 6. The normalized spacial score (nSPS) is 10.9. The summed E-state index contributed by atoms with van der Waals surface area (Å²) in [6.07, 6.45) is 1.57. The van der Waals surface area contributed by atoms with Crippen LogP contribution in [0, 0.1) is 0 Å². The Morgan fingerprint density at radius 1 is 1.20 bits per heavy atom. The number of carbonyl (C=O) groups excluding carboxylic acids is 1. The number of hydrogen-bond donors (Lipinski definition) is 2. The lowest BCUT2D eigenvalue weighted by Crippen LogP contribution is -2.52. The van der Waals surface area contributed by atoms with Crippen LogP contribution in [0.3, 0.4) is 0 Å². The fourth-order valence-corrected chi connectivity index (χ4v) is 1.78. The molecule has 1 rings (SSSR count). The molecule has 5 heteroatoms. The first kappa shape index (κ1) is 16.0. The summed E-state index contributed by atoms with van der Waals surface area (Å²) in [7, 11) is 0. The van der Waals surface area contributed by atoms with Gasteiger partial charge in [-0.05, 0) is 31.9 Å². The van der Waals surface area contributed by atoms with Crippen LogP contribution >= 0.6 is 0 Å². The van der Waals surface area contributed by atoms with Crippen LogP contribution in [0.15, 0.2) is 30.3 Å². The van der Waals surface area contributed by atoms with Gasteiger partial charge in [0.25, 0.3) is 0 Å². The average Bonchev–Trinajstić information content (AvgIpc) is 2.45. The molecule has 2 amide bonds. The van der Waals surface area contributed by atoms with Crippen LogP contribution < -0.4 is 10.2 Å². The average molecular weight is 278 g/mol. The van der Waals surface area contributed by atoms with Crippen molar-refractivity contribution in [2.45, 2.75) is 39.2 Å². The number of carboxylic acid groups (broad SMARTS) is 1. The van der Waals surface area contributed by atoms with Crippen molar-refractivity contribution < 1.29 is 14.7 Å². The molecule has 0 aliphatic carbocycles. The zero-order valence-electron chi connectivity index (χ0n) is 12.2. The molecule has 0 heterocycles. The number of nitrogens with one attached hydrogen (secondary N) is 1. The number of carboxylic acids is 1. The number of anilines is 1. The minimum atomic E-state index is -1.04. The van der Waals surface area contributed by atoms with E-state index >= 15 is 0 Å². The van der Waals surface area contributed by atoms with Crippen molar-refractivity contribution in [1.29, 1.82) is 0 Å². The second-order valence-corrected chi connectivity index (χ2v) is 5.01. The summed E-state index contributed by atoms with van der Waals surface area (Å²) in [5.74, 6) is -1.04. The summed E-state index contributed by atoms with van der Waals surface area (Å²) < 4.78 is 0. The first-order valence-electron chi connectivity index (χ1n) is 6.78. The Morgan fingerprint density at radius 2 is 1.75 bits per heavy atom. The first-order valence-corrected chi connectivity index (χ1v) is 6.78. The molecule has 0 aliphatic rings. The molecule has 0 radical (unpaired) electrons. The van der Waals surface area contributed by atoms with Crippen LogP contribution in [0.4, 0.5) is 10.5 Å². The highest BCUT2D eigenvalue weighted by Crippen LogP contribution is 2.17. The molecule has 2 N–H and O–H groups in total. The summed E-state index contributed by atoms with van der Waals surface area (Å²) in [4.78, 5) is 24.6. The van der Waals surface area contributed by atoms with Gasteiger partial charge >= 0.3 is 12.0 Å². The Hall–Kier alpha value is -2.04. The quantitative estimate of drug-likeness (QED) is 0.840. The molecule has 110 valence electrons. The summed E-state index contributed by atoms with van der Waals surface area (Å²) in [5, 5.41) is 11.9. The molecule has 0 saturated carbocycles. The lowest BCUT2D eigenvalue weighted by atomic mass is 9.96. The maximum absolute atomic E-state index is 12.4. The maximum atomic E-state index is 12.4. The summed E-state index contributed by atoms with van der Waals surface area (Å²) in [5.41, 5.74) is 0.241. The van der Waals surface area contributed by atoms with Gasteiger partial charge in [0.2, 0.25) is 0 Å². The Kier molecular flexibility index (Phi) is 5.55. The Labute approximate surface area is 119 Å². The van der Waals surface area contributed by atoms with E-state index in [1.54, 1.807) is 24.3 Å². The fraction of sp³-hybridized carbons (Fsp3) is 0.467. The molecule has 0 bridgehead atoms. The van der Waals surface area contributed by atoms with Gasteiger partial charge < -0.3 is 10.4 Å². The minimum Gasteiger partial charge on any atom is -0.480 e. The molecule has 0 aromatic heterocycles. The van der Waals surface area contributed by atoms with Gasteiger partial charge in [0.15, 0.2) is 0 Å². The second-order valence-electron chi connectivity index (χ2n) is 5.01. The second kappa shape index (κ2) is 6.93. The molecular formula is C15H22N2O3. The first-order chi connectivity index (χ1) is 9.41. The molecule has 5 nitrogen and oxygen atoms in total. The van der Waals surface area contributed by atoms with E-state index < -0.39 is 5.97 Å². The highest BCUT2D eigenvalue weighted by molar-refractivity contribution is 5.96. The van der Waals surface area contributed by atoms with Crippen LogP contribution in [0.25, 0.3) is 0 Å². The van der Waals surface area contributed by atoms with Crippen LogP contribution in [0.5, 0.6) is 0 Å². The van der Waals surface area contributed by atoms with E-state index in [9.17, 15) is 9.59 Å². The maximum Gasteiger partial charge on any atom is 0.323 e. The van der Waals surface area contributed by atoms with Crippen molar-refractivity contribution in [3.05, 3.63) is 30.3 Å². The van der Waals surface area contributed by atoms with E-state index in [1.165, 1.54) is 4.90 Å². The van der Waals surface area contributed by atoms with Gasteiger partial charge in [0.1, 0.15) is 6.54 Å². The monoisotopic (exact) mass is 278 g/mol. The zero-order valence-corrected chi connectivity index (χ0v) is 12.2. The number of aliphatic carboxylic acids is 1. The van der Waals surface area contributed by atoms with Crippen molar-refractivity contribution in [2.24, 2.45) is 0 Å². The lowest BCUT2D eigenvalue weighted by molar-refractivity contribution is -0.135. The third kappa shape index (κ3) is 4.26. The largest absolute Gasteiger partial charge is 0.480 e. The number of carbonyl (C=O) groups is 2. The molecule has 0 aliphatic heterocycles. The predicted octanol–water partition coefficient (Wildman–Crippen LogP) is 2.87. The number of nitrogens with zero attached hydrogens (tertiary/aromatic N) is 1. The third-order valence-electron chi connectivity index (χ3n) is 3.58. The molecule has 1 aromatic rings. The van der Waals surface area contributed by atoms with E-state index in [2.05, 4.69) is 5.32 Å². The van der Waals surface area contributed by atoms with E-state index in [4.69, 9.17) is 5.11 Å². The van der Waals surface area contributed by atoms with E-state index in [0.717, 1.165) is 12.8 Å². The van der Waals surface area contributed by atoms with Gasteiger partial charge in [-0.25, -0.2) is 4.79 Å². The van der Waals surface area contributed by atoms with Gasteiger partial charge in [-0.2, -0.15) is 0 Å². The van der Waals surface area contributed by atoms with E-state index in [-0.39, 0.29) is 18.1 Å². The number of amides is 2. The highest BCUT2D eigenvalue weighted by Gasteiger charge is 2.26. The molecule has 0 atom stereocenters. The number of para-hydroxylation sites is 1. The van der Waals surface area contributed by atoms with Gasteiger partial charge in [-0.1, -0.05) is 32.0 Å². The van der Waals surface area contributed by atoms with Crippen molar-refractivity contribution >= 4 is 17.7 Å². The van der Waals surface area contributed by atoms with E-state index in [0.29, 0.717) is 5.69 Å². The Bertz CT molecular complexity index is 455. The SMILES string of the molecule is CCC(C)(CC)NC(=O)N(CC(=O)O)c1ccccc1. The molecule has 0 unspecified atom stereocenters. The van der Waals surface area contributed by atoms with Crippen molar-refractivity contribution in [3.63, 3.8) is 0 Å².